The van der Waals surface area contributed by atoms with Crippen molar-refractivity contribution in [1.82, 2.24) is 14.5 Å². The van der Waals surface area contributed by atoms with Crippen molar-refractivity contribution in [1.29, 1.82) is 0 Å². The number of hydrogen-bond acceptors (Lipinski definition) is 5. The summed E-state index contributed by atoms with van der Waals surface area (Å²) in [7, 11) is 0. The molecule has 0 aliphatic carbocycles. The summed E-state index contributed by atoms with van der Waals surface area (Å²) in [5.41, 5.74) is -0.452. The van der Waals surface area contributed by atoms with Gasteiger partial charge in [0.2, 0.25) is 5.95 Å². The zero-order valence-electron chi connectivity index (χ0n) is 17.4. The molecule has 3 rings (SSSR count). The number of pyridine rings is 1. The lowest BCUT2D eigenvalue weighted by Gasteiger charge is -2.27. The van der Waals surface area contributed by atoms with E-state index in [0.29, 0.717) is 11.2 Å². The summed E-state index contributed by atoms with van der Waals surface area (Å²) in [5, 5.41) is 0.361. The van der Waals surface area contributed by atoms with Gasteiger partial charge in [-0.05, 0) is 46.8 Å². The van der Waals surface area contributed by atoms with Crippen molar-refractivity contribution in [3.63, 3.8) is 0 Å². The Bertz CT molecular complexity index is 1190. The molecule has 0 spiro atoms. The van der Waals surface area contributed by atoms with Crippen LogP contribution in [0.4, 0.5) is 15.1 Å². The van der Waals surface area contributed by atoms with Crippen LogP contribution in [0.3, 0.4) is 0 Å². The maximum absolute atomic E-state index is 14.0. The molecule has 0 N–H and O–H groups in total. The molecule has 0 unspecified atom stereocenters. The number of anilines is 1. The van der Waals surface area contributed by atoms with E-state index in [1.54, 1.807) is 52.8 Å². The highest BCUT2D eigenvalue weighted by Gasteiger charge is 2.28. The first kappa shape index (κ1) is 21.7. The molecule has 0 bridgehead atoms. The Morgan fingerprint density at radius 2 is 2.03 bits per heavy atom. The Labute approximate surface area is 178 Å². The molecule has 0 aliphatic rings. The first-order valence-electron chi connectivity index (χ1n) is 9.37. The van der Waals surface area contributed by atoms with Crippen molar-refractivity contribution in [2.75, 3.05) is 11.4 Å². The molecule has 3 aromatic rings. The van der Waals surface area contributed by atoms with Crippen molar-refractivity contribution < 1.29 is 13.9 Å². The minimum atomic E-state index is -0.758. The van der Waals surface area contributed by atoms with Gasteiger partial charge in [-0.3, -0.25) is 9.78 Å². The monoisotopic (exact) mass is 432 g/mol. The standard InChI is InChI=1S/C21H22ClFN4O3/c1-6-26(20(29)30-21(3,4)5)19-25-15-9-7-8-14(22)17(15)18(28)27(19)16-10-13(23)11-24-12(16)2/h7-11H,6H2,1-5H3. The van der Waals surface area contributed by atoms with Crippen molar-refractivity contribution in [3.8, 4) is 5.69 Å². The summed E-state index contributed by atoms with van der Waals surface area (Å²) in [6, 6.07) is 6.01. The van der Waals surface area contributed by atoms with E-state index in [1.807, 2.05) is 0 Å². The van der Waals surface area contributed by atoms with Gasteiger partial charge in [-0.2, -0.15) is 0 Å². The molecule has 2 heterocycles. The van der Waals surface area contributed by atoms with Gasteiger partial charge < -0.3 is 4.74 Å². The Kier molecular flexibility index (Phi) is 5.81. The van der Waals surface area contributed by atoms with E-state index in [4.69, 9.17) is 16.3 Å². The van der Waals surface area contributed by atoms with Gasteiger partial charge in [-0.15, -0.1) is 0 Å². The van der Waals surface area contributed by atoms with Gasteiger partial charge in [0.15, 0.2) is 0 Å². The number of carbonyl (C=O) groups excluding carboxylic acids is 1. The zero-order valence-corrected chi connectivity index (χ0v) is 18.1. The van der Waals surface area contributed by atoms with E-state index in [0.717, 1.165) is 10.8 Å². The third kappa shape index (κ3) is 4.14. The predicted molar refractivity (Wildman–Crippen MR) is 114 cm³/mol. The fraction of sp³-hybridized carbons (Fsp3) is 0.333. The SMILES string of the molecule is CCN(C(=O)OC(C)(C)C)c1nc2cccc(Cl)c2c(=O)n1-c1cc(F)cnc1C. The Morgan fingerprint density at radius 3 is 2.67 bits per heavy atom. The molecule has 0 radical (unpaired) electrons. The minimum absolute atomic E-state index is 0.0120. The lowest BCUT2D eigenvalue weighted by molar-refractivity contribution is 0.0579. The van der Waals surface area contributed by atoms with E-state index < -0.39 is 23.1 Å². The van der Waals surface area contributed by atoms with Gasteiger partial charge in [0.25, 0.3) is 5.56 Å². The molecule has 0 fully saturated rings. The van der Waals surface area contributed by atoms with Crippen LogP contribution in [-0.4, -0.2) is 32.8 Å². The van der Waals surface area contributed by atoms with Crippen molar-refractivity contribution in [2.24, 2.45) is 0 Å². The molecule has 0 saturated heterocycles. The third-order valence-electron chi connectivity index (χ3n) is 4.27. The average Bonchev–Trinajstić information content (AvgIpc) is 2.63. The van der Waals surface area contributed by atoms with Gasteiger partial charge in [0, 0.05) is 12.6 Å². The van der Waals surface area contributed by atoms with E-state index >= 15 is 0 Å². The second-order valence-corrected chi connectivity index (χ2v) is 8.08. The number of aromatic nitrogens is 3. The second-order valence-electron chi connectivity index (χ2n) is 7.67. The van der Waals surface area contributed by atoms with Gasteiger partial charge in [0.1, 0.15) is 11.4 Å². The summed E-state index contributed by atoms with van der Waals surface area (Å²) < 4.78 is 20.7. The average molecular weight is 433 g/mol. The topological polar surface area (TPSA) is 77.3 Å². The molecule has 0 aliphatic heterocycles. The molecule has 9 heteroatoms. The Balaban J connectivity index is 2.39. The zero-order chi connectivity index (χ0) is 22.2. The maximum Gasteiger partial charge on any atom is 0.417 e. The van der Waals surface area contributed by atoms with E-state index in [-0.39, 0.29) is 28.6 Å². The molecule has 30 heavy (non-hydrogen) atoms. The lowest BCUT2D eigenvalue weighted by atomic mass is 10.2. The predicted octanol–water partition coefficient (Wildman–Crippen LogP) is 4.64. The van der Waals surface area contributed by atoms with Crippen LogP contribution >= 0.6 is 11.6 Å². The van der Waals surface area contributed by atoms with Gasteiger partial charge in [0.05, 0.1) is 33.5 Å². The molecule has 1 aromatic carbocycles. The highest BCUT2D eigenvalue weighted by Crippen LogP contribution is 2.26. The number of aryl methyl sites for hydroxylation is 1. The number of halogens is 2. The molecule has 0 saturated carbocycles. The normalized spacial score (nSPS) is 11.6. The summed E-state index contributed by atoms with van der Waals surface area (Å²) in [5.74, 6) is -0.643. The number of ether oxygens (including phenoxy) is 1. The first-order valence-corrected chi connectivity index (χ1v) is 9.75. The molecular weight excluding hydrogens is 411 g/mol. The van der Waals surface area contributed by atoms with E-state index in [9.17, 15) is 14.0 Å². The van der Waals surface area contributed by atoms with Crippen LogP contribution in [0.2, 0.25) is 5.02 Å². The molecule has 0 atom stereocenters. The highest BCUT2D eigenvalue weighted by molar-refractivity contribution is 6.35. The van der Waals surface area contributed by atoms with Crippen LogP contribution in [0.15, 0.2) is 35.3 Å². The van der Waals surface area contributed by atoms with Gasteiger partial charge in [-0.25, -0.2) is 23.6 Å². The fourth-order valence-electron chi connectivity index (χ4n) is 2.97. The van der Waals surface area contributed by atoms with Crippen LogP contribution in [0.5, 0.6) is 0 Å². The molecule has 2 aromatic heterocycles. The van der Waals surface area contributed by atoms with Crippen molar-refractivity contribution in [3.05, 3.63) is 57.3 Å². The van der Waals surface area contributed by atoms with Crippen LogP contribution in [0.1, 0.15) is 33.4 Å². The van der Waals surface area contributed by atoms with Crippen LogP contribution < -0.4 is 10.5 Å². The van der Waals surface area contributed by atoms with Crippen LogP contribution in [0, 0.1) is 12.7 Å². The quantitative estimate of drug-likeness (QED) is 0.602. The number of rotatable bonds is 3. The van der Waals surface area contributed by atoms with Crippen molar-refractivity contribution in [2.45, 2.75) is 40.2 Å². The number of nitrogens with zero attached hydrogens (tertiary/aromatic N) is 4. The summed E-state index contributed by atoms with van der Waals surface area (Å²) in [6.45, 7) is 8.72. The third-order valence-corrected chi connectivity index (χ3v) is 4.58. The Hall–Kier alpha value is -3.00. The smallest absolute Gasteiger partial charge is 0.417 e. The molecule has 7 nitrogen and oxygen atoms in total. The number of carbonyl (C=O) groups is 1. The Morgan fingerprint density at radius 1 is 1.33 bits per heavy atom. The largest absolute Gasteiger partial charge is 0.443 e. The lowest BCUT2D eigenvalue weighted by Crippen LogP contribution is -2.40. The van der Waals surface area contributed by atoms with Gasteiger partial charge >= 0.3 is 6.09 Å². The second kappa shape index (κ2) is 8.02. The van der Waals surface area contributed by atoms with E-state index in [1.165, 1.54) is 11.0 Å². The summed E-state index contributed by atoms with van der Waals surface area (Å²) in [4.78, 5) is 36.1. The molecular formula is C21H22ClFN4O3. The summed E-state index contributed by atoms with van der Waals surface area (Å²) >= 11 is 6.26. The number of fused-ring (bicyclic) bond motifs is 1. The molecule has 158 valence electrons. The fourth-order valence-corrected chi connectivity index (χ4v) is 3.22. The number of amides is 1. The van der Waals surface area contributed by atoms with Crippen molar-refractivity contribution >= 4 is 34.5 Å². The number of hydrogen-bond donors (Lipinski definition) is 0. The van der Waals surface area contributed by atoms with Crippen LogP contribution in [0.25, 0.3) is 16.6 Å². The minimum Gasteiger partial charge on any atom is -0.443 e. The van der Waals surface area contributed by atoms with Gasteiger partial charge in [-0.1, -0.05) is 17.7 Å². The number of benzene rings is 1. The molecule has 1 amide bonds. The summed E-state index contributed by atoms with van der Waals surface area (Å²) in [6.07, 6.45) is 0.366. The maximum atomic E-state index is 14.0. The highest BCUT2D eigenvalue weighted by atomic mass is 35.5. The van der Waals surface area contributed by atoms with E-state index in [2.05, 4.69) is 9.97 Å². The first-order chi connectivity index (χ1) is 14.0. The van der Waals surface area contributed by atoms with Crippen LogP contribution in [-0.2, 0) is 4.74 Å².